The molecular formula is C20H34IN7O. The van der Waals surface area contributed by atoms with Crippen LogP contribution in [0.4, 0.5) is 0 Å². The molecule has 0 aromatic carbocycles. The number of aromatic nitrogens is 3. The zero-order valence-corrected chi connectivity index (χ0v) is 20.5. The summed E-state index contributed by atoms with van der Waals surface area (Å²) < 4.78 is 7.43. The molecular weight excluding hydrogens is 481 g/mol. The minimum Gasteiger partial charge on any atom is -0.469 e. The van der Waals surface area contributed by atoms with Gasteiger partial charge >= 0.3 is 0 Å². The molecule has 0 amide bonds. The Kier molecular flexibility index (Phi) is 8.94. The summed E-state index contributed by atoms with van der Waals surface area (Å²) in [6, 6.07) is 2.59. The first-order valence-corrected chi connectivity index (χ1v) is 10.1. The number of hydrogen-bond donors (Lipinski definition) is 1. The highest BCUT2D eigenvalue weighted by Crippen LogP contribution is 2.16. The molecule has 1 atom stereocenters. The molecule has 1 saturated heterocycles. The van der Waals surface area contributed by atoms with Crippen molar-refractivity contribution in [3.05, 3.63) is 35.3 Å². The van der Waals surface area contributed by atoms with Crippen molar-refractivity contribution in [2.24, 2.45) is 12.0 Å². The molecule has 2 aromatic heterocycles. The van der Waals surface area contributed by atoms with Crippen LogP contribution in [0.2, 0.25) is 0 Å². The van der Waals surface area contributed by atoms with Crippen molar-refractivity contribution in [2.45, 2.75) is 52.7 Å². The molecule has 0 bridgehead atoms. The minimum absolute atomic E-state index is 0. The number of halogens is 1. The summed E-state index contributed by atoms with van der Waals surface area (Å²) in [7, 11) is 4.04. The van der Waals surface area contributed by atoms with Gasteiger partial charge in [-0.3, -0.25) is 4.90 Å². The van der Waals surface area contributed by atoms with Gasteiger partial charge in [-0.1, -0.05) is 6.92 Å². The molecule has 162 valence electrons. The van der Waals surface area contributed by atoms with E-state index in [9.17, 15) is 0 Å². The van der Waals surface area contributed by atoms with Crippen molar-refractivity contribution in [3.63, 3.8) is 0 Å². The Labute approximate surface area is 190 Å². The molecule has 3 heterocycles. The van der Waals surface area contributed by atoms with E-state index in [1.165, 1.54) is 24.9 Å². The maximum Gasteiger partial charge on any atom is 0.194 e. The Morgan fingerprint density at radius 3 is 2.79 bits per heavy atom. The summed E-state index contributed by atoms with van der Waals surface area (Å²) in [5.41, 5.74) is 1.17. The van der Waals surface area contributed by atoms with Gasteiger partial charge in [-0.2, -0.15) is 0 Å². The Hall–Kier alpha value is -1.62. The highest BCUT2D eigenvalue weighted by Gasteiger charge is 2.23. The van der Waals surface area contributed by atoms with Crippen molar-refractivity contribution in [3.8, 4) is 0 Å². The predicted octanol–water partition coefficient (Wildman–Crippen LogP) is 2.70. The van der Waals surface area contributed by atoms with Gasteiger partial charge in [-0.05, 0) is 45.8 Å². The molecule has 1 aliphatic heterocycles. The van der Waals surface area contributed by atoms with Crippen molar-refractivity contribution in [1.82, 2.24) is 29.9 Å². The molecule has 0 radical (unpaired) electrons. The number of likely N-dealkylation sites (N-methyl/N-ethyl adjacent to an activating group) is 1. The number of aryl methyl sites for hydroxylation is 2. The van der Waals surface area contributed by atoms with Crippen LogP contribution in [0.3, 0.4) is 0 Å². The van der Waals surface area contributed by atoms with Gasteiger partial charge in [0, 0.05) is 38.8 Å². The van der Waals surface area contributed by atoms with Gasteiger partial charge in [0.15, 0.2) is 11.8 Å². The lowest BCUT2D eigenvalue weighted by atomic mass is 10.2. The lowest BCUT2D eigenvalue weighted by Crippen LogP contribution is -2.45. The molecule has 1 fully saturated rings. The summed E-state index contributed by atoms with van der Waals surface area (Å²) in [6.45, 7) is 10.6. The lowest BCUT2D eigenvalue weighted by Gasteiger charge is -2.27. The first kappa shape index (κ1) is 23.7. The van der Waals surface area contributed by atoms with Crippen molar-refractivity contribution < 1.29 is 4.42 Å². The average Bonchev–Trinajstić information content (AvgIpc) is 3.38. The second kappa shape index (κ2) is 11.0. The largest absolute Gasteiger partial charge is 0.469 e. The van der Waals surface area contributed by atoms with Crippen LogP contribution in [0, 0.1) is 13.8 Å². The van der Waals surface area contributed by atoms with E-state index < -0.39 is 0 Å². The number of hydrogen-bond acceptors (Lipinski definition) is 5. The zero-order valence-electron chi connectivity index (χ0n) is 18.2. The van der Waals surface area contributed by atoms with Crippen LogP contribution in [0.15, 0.2) is 21.7 Å². The highest BCUT2D eigenvalue weighted by atomic mass is 127. The van der Waals surface area contributed by atoms with Gasteiger partial charge in [0.1, 0.15) is 18.1 Å². The normalized spacial score (nSPS) is 17.4. The molecule has 9 heteroatoms. The molecule has 3 rings (SSSR count). The zero-order chi connectivity index (χ0) is 20.1. The molecule has 1 N–H and O–H groups in total. The molecule has 8 nitrogen and oxygen atoms in total. The second-order valence-corrected chi connectivity index (χ2v) is 7.53. The van der Waals surface area contributed by atoms with E-state index in [0.717, 1.165) is 43.0 Å². The summed E-state index contributed by atoms with van der Waals surface area (Å²) in [6.07, 6.45) is 4.25. The molecule has 1 aliphatic rings. The number of rotatable bonds is 7. The Balaban J connectivity index is 0.00000300. The van der Waals surface area contributed by atoms with E-state index in [2.05, 4.69) is 39.3 Å². The SMILES string of the molecule is CCN1CCCC1CNC(=NCc1nnc(C)n1C)N(C)Cc1ccoc1C.I. The number of guanidine groups is 1. The number of furan rings is 1. The fourth-order valence-corrected chi connectivity index (χ4v) is 3.70. The van der Waals surface area contributed by atoms with E-state index >= 15 is 0 Å². The van der Waals surface area contributed by atoms with Gasteiger partial charge in [0.05, 0.1) is 6.26 Å². The Bertz CT molecular complexity index is 801. The molecule has 0 aliphatic carbocycles. The third-order valence-electron chi connectivity index (χ3n) is 5.69. The molecule has 1 unspecified atom stereocenters. The van der Waals surface area contributed by atoms with E-state index in [1.807, 2.05) is 31.5 Å². The fraction of sp³-hybridized carbons (Fsp3) is 0.650. The Morgan fingerprint density at radius 2 is 2.17 bits per heavy atom. The maximum absolute atomic E-state index is 5.45. The van der Waals surface area contributed by atoms with Gasteiger partial charge in [-0.15, -0.1) is 34.2 Å². The van der Waals surface area contributed by atoms with Crippen molar-refractivity contribution in [1.29, 1.82) is 0 Å². The van der Waals surface area contributed by atoms with E-state index in [4.69, 9.17) is 9.41 Å². The number of nitrogens with zero attached hydrogens (tertiary/aromatic N) is 6. The van der Waals surface area contributed by atoms with Gasteiger partial charge in [-0.25, -0.2) is 4.99 Å². The van der Waals surface area contributed by atoms with Crippen LogP contribution in [-0.2, 0) is 20.1 Å². The van der Waals surface area contributed by atoms with E-state index in [-0.39, 0.29) is 24.0 Å². The van der Waals surface area contributed by atoms with Crippen molar-refractivity contribution >= 4 is 29.9 Å². The van der Waals surface area contributed by atoms with E-state index in [1.54, 1.807) is 6.26 Å². The Morgan fingerprint density at radius 1 is 1.38 bits per heavy atom. The topological polar surface area (TPSA) is 74.7 Å². The smallest absolute Gasteiger partial charge is 0.194 e. The molecule has 0 saturated carbocycles. The minimum atomic E-state index is 0. The van der Waals surface area contributed by atoms with Gasteiger partial charge in [0.2, 0.25) is 0 Å². The fourth-order valence-electron chi connectivity index (χ4n) is 3.70. The summed E-state index contributed by atoms with van der Waals surface area (Å²) in [4.78, 5) is 9.53. The van der Waals surface area contributed by atoms with Crippen LogP contribution in [0.1, 0.15) is 42.7 Å². The van der Waals surface area contributed by atoms with Crippen LogP contribution in [0.25, 0.3) is 0 Å². The summed E-state index contributed by atoms with van der Waals surface area (Å²) in [5, 5.41) is 12.0. The second-order valence-electron chi connectivity index (χ2n) is 7.53. The lowest BCUT2D eigenvalue weighted by molar-refractivity contribution is 0.265. The number of aliphatic imine (C=N–C) groups is 1. The first-order chi connectivity index (χ1) is 13.5. The molecule has 2 aromatic rings. The first-order valence-electron chi connectivity index (χ1n) is 10.1. The average molecular weight is 515 g/mol. The van der Waals surface area contributed by atoms with Crippen molar-refractivity contribution in [2.75, 3.05) is 26.7 Å². The highest BCUT2D eigenvalue weighted by molar-refractivity contribution is 14.0. The standard InChI is InChI=1S/C20H33N7O.HI/c1-6-27-10-7-8-18(27)12-21-20(22-13-19-24-23-16(3)26(19)5)25(4)14-17-9-11-28-15(17)2;/h9,11,18H,6-8,10,12-14H2,1-5H3,(H,21,22);1H. The molecule has 0 spiro atoms. The van der Waals surface area contributed by atoms with Crippen LogP contribution in [-0.4, -0.2) is 63.2 Å². The summed E-state index contributed by atoms with van der Waals surface area (Å²) >= 11 is 0. The maximum atomic E-state index is 5.45. The number of likely N-dealkylation sites (tertiary alicyclic amines) is 1. The third-order valence-corrected chi connectivity index (χ3v) is 5.69. The molecule has 29 heavy (non-hydrogen) atoms. The van der Waals surface area contributed by atoms with Crippen LogP contribution >= 0.6 is 24.0 Å². The monoisotopic (exact) mass is 515 g/mol. The summed E-state index contributed by atoms with van der Waals surface area (Å²) in [5.74, 6) is 3.58. The predicted molar refractivity (Wildman–Crippen MR) is 125 cm³/mol. The van der Waals surface area contributed by atoms with Gasteiger partial charge in [0.25, 0.3) is 0 Å². The van der Waals surface area contributed by atoms with Crippen LogP contribution in [0.5, 0.6) is 0 Å². The number of nitrogens with one attached hydrogen (secondary N) is 1. The quantitative estimate of drug-likeness (QED) is 0.347. The van der Waals surface area contributed by atoms with Gasteiger partial charge < -0.3 is 19.2 Å². The third kappa shape index (κ3) is 5.94. The van der Waals surface area contributed by atoms with E-state index in [0.29, 0.717) is 12.6 Å². The van der Waals surface area contributed by atoms with Crippen LogP contribution < -0.4 is 5.32 Å².